The third kappa shape index (κ3) is 4.88. The second-order valence-corrected chi connectivity index (χ2v) is 4.90. The largest absolute Gasteiger partial charge is 0.389 e. The average Bonchev–Trinajstić information content (AvgIpc) is 2.36. The number of alkyl halides is 3. The van der Waals surface area contributed by atoms with Crippen molar-refractivity contribution in [2.45, 2.75) is 25.4 Å². The maximum atomic E-state index is 12.2. The first-order chi connectivity index (χ1) is 8.80. The van der Waals surface area contributed by atoms with E-state index in [2.05, 4.69) is 20.9 Å². The molecule has 0 radical (unpaired) electrons. The molecule has 0 amide bonds. The molecule has 1 aromatic rings. The molecule has 0 aliphatic rings. The van der Waals surface area contributed by atoms with Gasteiger partial charge in [-0.2, -0.15) is 23.7 Å². The van der Waals surface area contributed by atoms with Gasteiger partial charge in [0.05, 0.1) is 12.1 Å². The summed E-state index contributed by atoms with van der Waals surface area (Å²) in [4.78, 5) is 3.92. The predicted octanol–water partition coefficient (Wildman–Crippen LogP) is 3.76. The Morgan fingerprint density at radius 3 is 2.21 bits per heavy atom. The lowest BCUT2D eigenvalue weighted by atomic mass is 9.80. The Kier molecular flexibility index (Phi) is 4.90. The van der Waals surface area contributed by atoms with Gasteiger partial charge in [0.1, 0.15) is 10.0 Å². The van der Waals surface area contributed by atoms with Crippen LogP contribution in [-0.2, 0) is 6.42 Å². The molecular formula is C12H9BrF3N3. The summed E-state index contributed by atoms with van der Waals surface area (Å²) >= 11 is 3.13. The molecule has 0 saturated carbocycles. The van der Waals surface area contributed by atoms with E-state index in [1.807, 2.05) is 0 Å². The van der Waals surface area contributed by atoms with Gasteiger partial charge in [-0.15, -0.1) is 0 Å². The normalized spacial score (nSPS) is 11.7. The summed E-state index contributed by atoms with van der Waals surface area (Å²) in [7, 11) is 0. The Morgan fingerprint density at radius 1 is 1.16 bits per heavy atom. The average molecular weight is 332 g/mol. The zero-order valence-electron chi connectivity index (χ0n) is 9.71. The van der Waals surface area contributed by atoms with Crippen LogP contribution in [0.5, 0.6) is 0 Å². The molecule has 0 aromatic carbocycles. The smallest absolute Gasteiger partial charge is 0.249 e. The molecule has 0 unspecified atom stereocenters. The molecule has 0 aliphatic carbocycles. The van der Waals surface area contributed by atoms with Crippen LogP contribution in [0.25, 0.3) is 0 Å². The molecule has 1 aromatic heterocycles. The quantitative estimate of drug-likeness (QED) is 0.789. The lowest BCUT2D eigenvalue weighted by Crippen LogP contribution is -2.23. The van der Waals surface area contributed by atoms with Gasteiger partial charge in [0.2, 0.25) is 0 Å². The Bertz CT molecular complexity index is 497. The van der Waals surface area contributed by atoms with Crippen molar-refractivity contribution in [2.24, 2.45) is 5.41 Å². The summed E-state index contributed by atoms with van der Waals surface area (Å²) in [6.45, 7) is 0. The second-order valence-electron chi connectivity index (χ2n) is 4.09. The number of rotatable bonds is 4. The molecule has 3 nitrogen and oxygen atoms in total. The lowest BCUT2D eigenvalue weighted by molar-refractivity contribution is -0.138. The van der Waals surface area contributed by atoms with E-state index in [-0.39, 0.29) is 6.42 Å². The first-order valence-electron chi connectivity index (χ1n) is 5.30. The minimum Gasteiger partial charge on any atom is -0.249 e. The molecule has 1 heterocycles. The van der Waals surface area contributed by atoms with Crippen LogP contribution in [0.3, 0.4) is 0 Å². The Morgan fingerprint density at radius 2 is 1.79 bits per heavy atom. The number of hydrogen-bond acceptors (Lipinski definition) is 3. The zero-order valence-corrected chi connectivity index (χ0v) is 11.3. The Hall–Kier alpha value is -1.60. The number of nitrogens with zero attached hydrogens (tertiary/aromatic N) is 3. The van der Waals surface area contributed by atoms with Crippen LogP contribution >= 0.6 is 15.9 Å². The van der Waals surface area contributed by atoms with E-state index in [1.54, 1.807) is 24.3 Å². The molecule has 7 heteroatoms. The van der Waals surface area contributed by atoms with Crippen LogP contribution in [0.4, 0.5) is 13.2 Å². The minimum atomic E-state index is -4.38. The number of nitriles is 2. The molecule has 1 rings (SSSR count). The molecule has 0 saturated heterocycles. The van der Waals surface area contributed by atoms with E-state index in [4.69, 9.17) is 10.5 Å². The highest BCUT2D eigenvalue weighted by Crippen LogP contribution is 2.33. The number of hydrogen-bond donors (Lipinski definition) is 0. The number of halogens is 4. The topological polar surface area (TPSA) is 60.5 Å². The fourth-order valence-corrected chi connectivity index (χ4v) is 1.75. The van der Waals surface area contributed by atoms with Crippen molar-refractivity contribution in [3.63, 3.8) is 0 Å². The van der Waals surface area contributed by atoms with Gasteiger partial charge in [0.15, 0.2) is 0 Å². The van der Waals surface area contributed by atoms with Crippen LogP contribution in [0, 0.1) is 28.1 Å². The van der Waals surface area contributed by atoms with Gasteiger partial charge < -0.3 is 0 Å². The Balaban J connectivity index is 2.86. The van der Waals surface area contributed by atoms with Crippen LogP contribution in [-0.4, -0.2) is 11.2 Å². The van der Waals surface area contributed by atoms with Gasteiger partial charge in [-0.3, -0.25) is 0 Å². The van der Waals surface area contributed by atoms with Crippen molar-refractivity contribution in [3.8, 4) is 12.1 Å². The molecule has 0 bridgehead atoms. The van der Waals surface area contributed by atoms with Crippen molar-refractivity contribution in [3.05, 3.63) is 28.5 Å². The summed E-state index contributed by atoms with van der Waals surface area (Å²) < 4.78 is 37.2. The Labute approximate surface area is 116 Å². The summed E-state index contributed by atoms with van der Waals surface area (Å²) in [5.74, 6) is 0. The highest BCUT2D eigenvalue weighted by molar-refractivity contribution is 9.10. The van der Waals surface area contributed by atoms with Gasteiger partial charge in [0, 0.05) is 19.0 Å². The van der Waals surface area contributed by atoms with Gasteiger partial charge in [0.25, 0.3) is 0 Å². The molecule has 0 fully saturated rings. The standard InChI is InChI=1S/C12H9BrF3N3/c13-10-2-1-9(6-19-10)5-11(7-17,8-18)3-4-12(14,15)16/h1-2,6H,3-5H2. The first-order valence-corrected chi connectivity index (χ1v) is 6.09. The summed E-state index contributed by atoms with van der Waals surface area (Å²) in [5, 5.41) is 18.0. The van der Waals surface area contributed by atoms with Crippen molar-refractivity contribution in [1.82, 2.24) is 4.98 Å². The minimum absolute atomic E-state index is 0.0731. The highest BCUT2D eigenvalue weighted by atomic mass is 79.9. The first kappa shape index (κ1) is 15.5. The van der Waals surface area contributed by atoms with E-state index >= 15 is 0 Å². The summed E-state index contributed by atoms with van der Waals surface area (Å²) in [6.07, 6.45) is -4.72. The maximum Gasteiger partial charge on any atom is 0.389 e. The van der Waals surface area contributed by atoms with Crippen LogP contribution in [0.2, 0.25) is 0 Å². The highest BCUT2D eigenvalue weighted by Gasteiger charge is 2.37. The van der Waals surface area contributed by atoms with Crippen molar-refractivity contribution in [2.75, 3.05) is 0 Å². The van der Waals surface area contributed by atoms with Gasteiger partial charge >= 0.3 is 6.18 Å². The van der Waals surface area contributed by atoms with Gasteiger partial charge in [-0.05, 0) is 34.0 Å². The SMILES string of the molecule is N#CC(C#N)(CCC(F)(F)F)Cc1ccc(Br)nc1. The third-order valence-electron chi connectivity index (χ3n) is 2.56. The summed E-state index contributed by atoms with van der Waals surface area (Å²) in [6, 6.07) is 6.63. The summed E-state index contributed by atoms with van der Waals surface area (Å²) in [5.41, 5.74) is -1.13. The van der Waals surface area contributed by atoms with E-state index in [0.29, 0.717) is 10.2 Å². The molecular weight excluding hydrogens is 323 g/mol. The molecule has 19 heavy (non-hydrogen) atoms. The molecule has 0 aliphatic heterocycles. The van der Waals surface area contributed by atoms with E-state index in [9.17, 15) is 13.2 Å². The predicted molar refractivity (Wildman–Crippen MR) is 64.6 cm³/mol. The molecule has 100 valence electrons. The van der Waals surface area contributed by atoms with E-state index in [1.165, 1.54) is 6.20 Å². The monoisotopic (exact) mass is 331 g/mol. The molecule has 0 N–H and O–H groups in total. The van der Waals surface area contributed by atoms with Crippen LogP contribution in [0.1, 0.15) is 18.4 Å². The van der Waals surface area contributed by atoms with E-state index in [0.717, 1.165) is 0 Å². The fraction of sp³-hybridized carbons (Fsp3) is 0.417. The molecule has 0 spiro atoms. The fourth-order valence-electron chi connectivity index (χ4n) is 1.52. The third-order valence-corrected chi connectivity index (χ3v) is 3.03. The van der Waals surface area contributed by atoms with Crippen LogP contribution < -0.4 is 0 Å². The van der Waals surface area contributed by atoms with Gasteiger partial charge in [-0.25, -0.2) is 4.98 Å². The zero-order chi connectivity index (χ0) is 14.5. The number of pyridine rings is 1. The second kappa shape index (κ2) is 6.03. The van der Waals surface area contributed by atoms with Crippen LogP contribution in [0.15, 0.2) is 22.9 Å². The van der Waals surface area contributed by atoms with Gasteiger partial charge in [-0.1, -0.05) is 6.07 Å². The lowest BCUT2D eigenvalue weighted by Gasteiger charge is -2.19. The maximum absolute atomic E-state index is 12.2. The van der Waals surface area contributed by atoms with Crippen molar-refractivity contribution < 1.29 is 13.2 Å². The van der Waals surface area contributed by atoms with E-state index < -0.39 is 24.4 Å². The number of aromatic nitrogens is 1. The molecule has 0 atom stereocenters. The van der Waals surface area contributed by atoms with Crippen molar-refractivity contribution in [1.29, 1.82) is 10.5 Å². The van der Waals surface area contributed by atoms with Crippen molar-refractivity contribution >= 4 is 15.9 Å².